The SMILES string of the molecule is CC[C@@H]1c2cc(-c3c(F)cccc3F)nnc2C2(CN(CCOC(C)=O)C(C)=O)CC1C2. The van der Waals surface area contributed by atoms with Crippen LogP contribution in [0.4, 0.5) is 8.78 Å². The number of aromatic nitrogens is 2. The first-order valence-corrected chi connectivity index (χ1v) is 11.0. The Morgan fingerprint density at radius 2 is 1.88 bits per heavy atom. The Morgan fingerprint density at radius 1 is 1.19 bits per heavy atom. The van der Waals surface area contributed by atoms with E-state index in [0.717, 1.165) is 30.5 Å². The Morgan fingerprint density at radius 3 is 2.47 bits per heavy atom. The topological polar surface area (TPSA) is 72.4 Å². The lowest BCUT2D eigenvalue weighted by Crippen LogP contribution is -2.56. The molecule has 0 spiro atoms. The highest BCUT2D eigenvalue weighted by molar-refractivity contribution is 5.73. The van der Waals surface area contributed by atoms with Gasteiger partial charge in [0, 0.05) is 25.8 Å². The Bertz CT molecular complexity index is 1030. The molecule has 5 rings (SSSR count). The van der Waals surface area contributed by atoms with Crippen molar-refractivity contribution in [1.82, 2.24) is 15.1 Å². The third kappa shape index (κ3) is 3.87. The van der Waals surface area contributed by atoms with E-state index in [0.29, 0.717) is 19.0 Å². The summed E-state index contributed by atoms with van der Waals surface area (Å²) < 4.78 is 33.7. The van der Waals surface area contributed by atoms with Crippen LogP contribution in [-0.4, -0.2) is 46.7 Å². The van der Waals surface area contributed by atoms with Crippen LogP contribution in [0, 0.1) is 17.6 Å². The second-order valence-electron chi connectivity index (χ2n) is 8.87. The number of esters is 1. The highest BCUT2D eigenvalue weighted by Crippen LogP contribution is 2.60. The van der Waals surface area contributed by atoms with Crippen molar-refractivity contribution >= 4 is 11.9 Å². The number of ether oxygens (including phenoxy) is 1. The molecule has 1 heterocycles. The number of benzene rings is 1. The number of nitrogens with zero attached hydrogens (tertiary/aromatic N) is 3. The molecule has 1 fully saturated rings. The van der Waals surface area contributed by atoms with Crippen molar-refractivity contribution in [3.05, 3.63) is 47.2 Å². The number of halogens is 2. The van der Waals surface area contributed by atoms with Crippen molar-refractivity contribution in [1.29, 1.82) is 0 Å². The van der Waals surface area contributed by atoms with E-state index in [-0.39, 0.29) is 41.1 Å². The minimum absolute atomic E-state index is 0.104. The van der Waals surface area contributed by atoms with Crippen molar-refractivity contribution in [3.63, 3.8) is 0 Å². The average molecular weight is 443 g/mol. The van der Waals surface area contributed by atoms with Gasteiger partial charge in [-0.2, -0.15) is 10.2 Å². The van der Waals surface area contributed by atoms with Crippen LogP contribution in [0.25, 0.3) is 11.3 Å². The fraction of sp³-hybridized carbons (Fsp3) is 0.500. The van der Waals surface area contributed by atoms with Gasteiger partial charge in [-0.25, -0.2) is 8.78 Å². The first kappa shape index (κ1) is 22.3. The van der Waals surface area contributed by atoms with E-state index in [2.05, 4.69) is 17.1 Å². The molecule has 3 aliphatic rings. The Labute approximate surface area is 186 Å². The van der Waals surface area contributed by atoms with Crippen LogP contribution in [0.1, 0.15) is 57.2 Å². The molecule has 0 unspecified atom stereocenters. The summed E-state index contributed by atoms with van der Waals surface area (Å²) in [6.45, 7) is 5.82. The third-order valence-corrected chi connectivity index (χ3v) is 6.86. The number of hydrogen-bond acceptors (Lipinski definition) is 5. The summed E-state index contributed by atoms with van der Waals surface area (Å²) in [5.74, 6) is -1.16. The molecular formula is C24H27F2N3O3. The second-order valence-corrected chi connectivity index (χ2v) is 8.87. The van der Waals surface area contributed by atoms with Gasteiger partial charge < -0.3 is 9.64 Å². The average Bonchev–Trinajstić information content (AvgIpc) is 2.71. The normalized spacial score (nSPS) is 23.2. The van der Waals surface area contributed by atoms with E-state index < -0.39 is 11.6 Å². The Balaban J connectivity index is 1.68. The largest absolute Gasteiger partial charge is 0.464 e. The van der Waals surface area contributed by atoms with Crippen molar-refractivity contribution in [2.75, 3.05) is 19.7 Å². The van der Waals surface area contributed by atoms with Gasteiger partial charge in [-0.15, -0.1) is 0 Å². The van der Waals surface area contributed by atoms with Gasteiger partial charge in [0.25, 0.3) is 0 Å². The lowest BCUT2D eigenvalue weighted by Gasteiger charge is -2.57. The van der Waals surface area contributed by atoms with Gasteiger partial charge in [0.15, 0.2) is 0 Å². The van der Waals surface area contributed by atoms with Crippen LogP contribution >= 0.6 is 0 Å². The molecule has 8 heteroatoms. The molecular weight excluding hydrogens is 416 g/mol. The van der Waals surface area contributed by atoms with E-state index in [1.165, 1.54) is 32.0 Å². The van der Waals surface area contributed by atoms with Gasteiger partial charge in [-0.3, -0.25) is 9.59 Å². The standard InChI is InChI=1S/C24H27F2N3O3/c1-4-17-16-11-24(12-16,13-29(14(2)30)8-9-32-15(3)31)23-18(17)10-21(27-28-23)22-19(25)6-5-7-20(22)26/h5-7,10,16-17H,4,8-9,11-13H2,1-3H3/t16?,17-,24?/m0/s1. The lowest BCUT2D eigenvalue weighted by atomic mass is 9.49. The van der Waals surface area contributed by atoms with Gasteiger partial charge in [0.1, 0.15) is 18.2 Å². The lowest BCUT2D eigenvalue weighted by molar-refractivity contribution is -0.143. The maximum Gasteiger partial charge on any atom is 0.302 e. The van der Waals surface area contributed by atoms with Gasteiger partial charge in [0.2, 0.25) is 5.91 Å². The molecule has 1 amide bonds. The van der Waals surface area contributed by atoms with E-state index in [4.69, 9.17) is 4.74 Å². The Kier molecular flexibility index (Phi) is 5.97. The zero-order chi connectivity index (χ0) is 23.0. The minimum atomic E-state index is -0.670. The van der Waals surface area contributed by atoms with Crippen LogP contribution in [0.5, 0.6) is 0 Å². The van der Waals surface area contributed by atoms with E-state index >= 15 is 0 Å². The van der Waals surface area contributed by atoms with Crippen LogP contribution < -0.4 is 0 Å². The maximum absolute atomic E-state index is 14.4. The van der Waals surface area contributed by atoms with Gasteiger partial charge in [-0.1, -0.05) is 13.0 Å². The van der Waals surface area contributed by atoms with Crippen LogP contribution in [0.2, 0.25) is 0 Å². The quantitative estimate of drug-likeness (QED) is 0.605. The highest BCUT2D eigenvalue weighted by Gasteiger charge is 2.56. The number of carbonyl (C=O) groups is 2. The maximum atomic E-state index is 14.4. The molecule has 1 aromatic heterocycles. The van der Waals surface area contributed by atoms with Crippen LogP contribution in [0.15, 0.2) is 24.3 Å². The van der Waals surface area contributed by atoms with E-state index in [1.807, 2.05) is 0 Å². The molecule has 32 heavy (non-hydrogen) atoms. The third-order valence-electron chi connectivity index (χ3n) is 6.86. The summed E-state index contributed by atoms with van der Waals surface area (Å²) in [5.41, 5.74) is 1.45. The van der Waals surface area contributed by atoms with Gasteiger partial charge in [0.05, 0.1) is 23.5 Å². The van der Waals surface area contributed by atoms with Gasteiger partial charge >= 0.3 is 5.97 Å². The first-order valence-electron chi connectivity index (χ1n) is 11.0. The first-order chi connectivity index (χ1) is 15.3. The van der Waals surface area contributed by atoms with Crippen molar-refractivity contribution in [2.24, 2.45) is 5.92 Å². The molecule has 0 radical (unpaired) electrons. The number of carbonyl (C=O) groups excluding carboxylic acids is 2. The number of amides is 1. The highest BCUT2D eigenvalue weighted by atomic mass is 19.1. The fourth-order valence-corrected chi connectivity index (χ4v) is 5.41. The monoisotopic (exact) mass is 443 g/mol. The number of hydrogen-bond donors (Lipinski definition) is 0. The molecule has 0 aliphatic heterocycles. The van der Waals surface area contributed by atoms with Gasteiger partial charge in [-0.05, 0) is 54.9 Å². The van der Waals surface area contributed by atoms with E-state index in [9.17, 15) is 18.4 Å². The summed E-state index contributed by atoms with van der Waals surface area (Å²) in [4.78, 5) is 25.0. The predicted molar refractivity (Wildman–Crippen MR) is 114 cm³/mol. The zero-order valence-electron chi connectivity index (χ0n) is 18.5. The molecule has 3 aliphatic carbocycles. The summed E-state index contributed by atoms with van der Waals surface area (Å²) in [6.07, 6.45) is 2.66. The predicted octanol–water partition coefficient (Wildman–Crippen LogP) is 3.99. The van der Waals surface area contributed by atoms with Crippen molar-refractivity contribution in [2.45, 2.75) is 51.4 Å². The Hall–Kier alpha value is -2.90. The smallest absolute Gasteiger partial charge is 0.302 e. The van der Waals surface area contributed by atoms with Crippen molar-refractivity contribution in [3.8, 4) is 11.3 Å². The number of rotatable bonds is 7. The molecule has 170 valence electrons. The van der Waals surface area contributed by atoms with Crippen LogP contribution in [-0.2, 0) is 19.7 Å². The molecule has 2 bridgehead atoms. The molecule has 0 N–H and O–H groups in total. The molecule has 1 atom stereocenters. The van der Waals surface area contributed by atoms with Crippen molar-refractivity contribution < 1.29 is 23.1 Å². The molecule has 1 aromatic carbocycles. The summed E-state index contributed by atoms with van der Waals surface area (Å²) >= 11 is 0. The molecule has 1 saturated carbocycles. The minimum Gasteiger partial charge on any atom is -0.464 e. The molecule has 2 aromatic rings. The second kappa shape index (κ2) is 8.56. The zero-order valence-corrected chi connectivity index (χ0v) is 18.5. The fourth-order valence-electron chi connectivity index (χ4n) is 5.41. The molecule has 0 saturated heterocycles. The van der Waals surface area contributed by atoms with E-state index in [1.54, 1.807) is 11.0 Å². The summed E-state index contributed by atoms with van der Waals surface area (Å²) in [5, 5.41) is 8.69. The summed E-state index contributed by atoms with van der Waals surface area (Å²) in [6, 6.07) is 5.52. The summed E-state index contributed by atoms with van der Waals surface area (Å²) in [7, 11) is 0. The van der Waals surface area contributed by atoms with Crippen LogP contribution in [0.3, 0.4) is 0 Å². The molecule has 6 nitrogen and oxygen atoms in total.